The molecule has 2 fully saturated rings. The summed E-state index contributed by atoms with van der Waals surface area (Å²) in [5.74, 6) is -2.21. The van der Waals surface area contributed by atoms with Gasteiger partial charge in [0.1, 0.15) is 6.54 Å². The maximum Gasteiger partial charge on any atom is 0.334 e. The van der Waals surface area contributed by atoms with E-state index in [0.29, 0.717) is 0 Å². The van der Waals surface area contributed by atoms with Crippen LogP contribution in [0.5, 0.6) is 0 Å². The number of imide groups is 2. The quantitative estimate of drug-likeness (QED) is 0.650. The van der Waals surface area contributed by atoms with Crippen molar-refractivity contribution in [1.82, 2.24) is 15.1 Å². The maximum atomic E-state index is 12.4. The Labute approximate surface area is 146 Å². The Bertz CT molecular complexity index is 698. The Kier molecular flexibility index (Phi) is 4.83. The van der Waals surface area contributed by atoms with Gasteiger partial charge in [0.15, 0.2) is 0 Å². The number of carbonyl (C=O) groups is 4. The lowest BCUT2D eigenvalue weighted by Gasteiger charge is -2.21. The molecule has 1 atom stereocenters. The average Bonchev–Trinajstić information content (AvgIpc) is 3.19. The number of urea groups is 1. The van der Waals surface area contributed by atoms with Gasteiger partial charge in [-0.3, -0.25) is 19.3 Å². The van der Waals surface area contributed by atoms with Crippen LogP contribution >= 0.6 is 0 Å². The van der Waals surface area contributed by atoms with Crippen molar-refractivity contribution in [3.8, 4) is 0 Å². The Hall–Kier alpha value is -2.70. The van der Waals surface area contributed by atoms with Crippen molar-refractivity contribution in [3.63, 3.8) is 0 Å². The molecule has 7 heteroatoms. The van der Waals surface area contributed by atoms with E-state index < -0.39 is 30.3 Å². The van der Waals surface area contributed by atoms with E-state index in [1.807, 2.05) is 37.3 Å². The summed E-state index contributed by atoms with van der Waals surface area (Å²) in [4.78, 5) is 50.7. The lowest BCUT2D eigenvalue weighted by molar-refractivity contribution is -0.144. The van der Waals surface area contributed by atoms with Crippen LogP contribution in [-0.2, 0) is 14.4 Å². The van der Waals surface area contributed by atoms with Crippen molar-refractivity contribution in [3.05, 3.63) is 35.9 Å². The predicted octanol–water partition coefficient (Wildman–Crippen LogP) is 1.60. The van der Waals surface area contributed by atoms with E-state index in [0.717, 1.165) is 41.0 Å². The maximum absolute atomic E-state index is 12.4. The van der Waals surface area contributed by atoms with Crippen LogP contribution in [-0.4, -0.2) is 46.1 Å². The minimum Gasteiger partial charge on any atom is -0.348 e. The zero-order chi connectivity index (χ0) is 18.0. The van der Waals surface area contributed by atoms with Crippen molar-refractivity contribution >= 4 is 23.8 Å². The molecular formula is C18H21N3O4. The number of amides is 5. The zero-order valence-electron chi connectivity index (χ0n) is 14.1. The first-order valence-electron chi connectivity index (χ1n) is 8.52. The van der Waals surface area contributed by atoms with E-state index in [2.05, 4.69) is 5.32 Å². The Morgan fingerprint density at radius 2 is 1.76 bits per heavy atom. The molecule has 0 spiro atoms. The molecule has 5 amide bonds. The molecule has 1 saturated heterocycles. The van der Waals surface area contributed by atoms with E-state index >= 15 is 0 Å². The molecule has 1 heterocycles. The fourth-order valence-electron chi connectivity index (χ4n) is 3.40. The summed E-state index contributed by atoms with van der Waals surface area (Å²) in [6.07, 6.45) is 3.31. The summed E-state index contributed by atoms with van der Waals surface area (Å²) in [5, 5.41) is 2.75. The van der Waals surface area contributed by atoms with Crippen LogP contribution < -0.4 is 5.32 Å². The lowest BCUT2D eigenvalue weighted by atomic mass is 10.1. The Balaban J connectivity index is 1.63. The van der Waals surface area contributed by atoms with Gasteiger partial charge < -0.3 is 5.32 Å². The summed E-state index contributed by atoms with van der Waals surface area (Å²) < 4.78 is 0. The number of benzene rings is 1. The van der Waals surface area contributed by atoms with E-state index in [9.17, 15) is 19.2 Å². The van der Waals surface area contributed by atoms with Crippen LogP contribution in [0.15, 0.2) is 30.3 Å². The summed E-state index contributed by atoms with van der Waals surface area (Å²) in [7, 11) is 0. The molecule has 0 aromatic heterocycles. The molecule has 1 N–H and O–H groups in total. The molecule has 7 nitrogen and oxygen atoms in total. The third-order valence-electron chi connectivity index (χ3n) is 4.75. The third kappa shape index (κ3) is 3.40. The largest absolute Gasteiger partial charge is 0.348 e. The molecule has 2 aliphatic rings. The standard InChI is InChI=1S/C18H21N3O4/c1-12(13-7-3-2-4-8-13)19-15(22)11-20-16(23)17(24)21(18(20)25)14-9-5-6-10-14/h2-4,7-8,12,14H,5-6,9-11H2,1H3,(H,19,22)/t12-/m0/s1. The smallest absolute Gasteiger partial charge is 0.334 e. The summed E-state index contributed by atoms with van der Waals surface area (Å²) in [6.45, 7) is 1.38. The molecule has 1 aliphatic heterocycles. The number of hydrogen-bond donors (Lipinski definition) is 1. The van der Waals surface area contributed by atoms with E-state index in [1.165, 1.54) is 0 Å². The first-order chi connectivity index (χ1) is 12.0. The van der Waals surface area contributed by atoms with E-state index in [1.54, 1.807) is 0 Å². The van der Waals surface area contributed by atoms with Crippen LogP contribution in [0.1, 0.15) is 44.2 Å². The van der Waals surface area contributed by atoms with Crippen LogP contribution in [0.4, 0.5) is 4.79 Å². The molecule has 25 heavy (non-hydrogen) atoms. The minimum atomic E-state index is -0.917. The number of nitrogens with one attached hydrogen (secondary N) is 1. The van der Waals surface area contributed by atoms with Crippen molar-refractivity contribution in [2.75, 3.05) is 6.54 Å². The van der Waals surface area contributed by atoms with Crippen molar-refractivity contribution in [2.24, 2.45) is 0 Å². The Morgan fingerprint density at radius 3 is 2.40 bits per heavy atom. The highest BCUT2D eigenvalue weighted by Crippen LogP contribution is 2.27. The van der Waals surface area contributed by atoms with Gasteiger partial charge in [-0.15, -0.1) is 0 Å². The monoisotopic (exact) mass is 343 g/mol. The predicted molar refractivity (Wildman–Crippen MR) is 89.2 cm³/mol. The SMILES string of the molecule is C[C@H](NC(=O)CN1C(=O)C(=O)N(C2CCCC2)C1=O)c1ccccc1. The number of nitrogens with zero attached hydrogens (tertiary/aromatic N) is 2. The first kappa shape index (κ1) is 17.1. The molecule has 0 unspecified atom stereocenters. The number of carbonyl (C=O) groups excluding carboxylic acids is 4. The van der Waals surface area contributed by atoms with Crippen molar-refractivity contribution < 1.29 is 19.2 Å². The highest BCUT2D eigenvalue weighted by atomic mass is 16.2. The number of rotatable bonds is 5. The number of hydrogen-bond acceptors (Lipinski definition) is 4. The van der Waals surface area contributed by atoms with Crippen LogP contribution in [0, 0.1) is 0 Å². The zero-order valence-corrected chi connectivity index (χ0v) is 14.1. The van der Waals surface area contributed by atoms with Crippen LogP contribution in [0.3, 0.4) is 0 Å². The molecule has 0 radical (unpaired) electrons. The second-order valence-electron chi connectivity index (χ2n) is 6.49. The first-order valence-corrected chi connectivity index (χ1v) is 8.52. The molecule has 132 valence electrons. The van der Waals surface area contributed by atoms with Gasteiger partial charge in [0.05, 0.1) is 6.04 Å². The Morgan fingerprint density at radius 1 is 1.12 bits per heavy atom. The van der Waals surface area contributed by atoms with Crippen LogP contribution in [0.2, 0.25) is 0 Å². The topological polar surface area (TPSA) is 86.8 Å². The van der Waals surface area contributed by atoms with Gasteiger partial charge >= 0.3 is 17.8 Å². The summed E-state index contributed by atoms with van der Waals surface area (Å²) in [6, 6.07) is 8.20. The average molecular weight is 343 g/mol. The fraction of sp³-hybridized carbons (Fsp3) is 0.444. The second kappa shape index (κ2) is 7.04. The van der Waals surface area contributed by atoms with Gasteiger partial charge in [-0.2, -0.15) is 0 Å². The normalized spacial score (nSPS) is 19.6. The second-order valence-corrected chi connectivity index (χ2v) is 6.49. The molecule has 3 rings (SSSR count). The highest BCUT2D eigenvalue weighted by molar-refractivity contribution is 6.45. The van der Waals surface area contributed by atoms with Crippen LogP contribution in [0.25, 0.3) is 0 Å². The molecular weight excluding hydrogens is 322 g/mol. The molecule has 1 aromatic rings. The van der Waals surface area contributed by atoms with E-state index in [-0.39, 0.29) is 12.1 Å². The molecule has 1 aliphatic carbocycles. The van der Waals surface area contributed by atoms with Gasteiger partial charge in [0, 0.05) is 6.04 Å². The minimum absolute atomic E-state index is 0.222. The van der Waals surface area contributed by atoms with Gasteiger partial charge in [-0.05, 0) is 25.3 Å². The van der Waals surface area contributed by atoms with Gasteiger partial charge in [0.2, 0.25) is 5.91 Å². The van der Waals surface area contributed by atoms with Crippen molar-refractivity contribution in [1.29, 1.82) is 0 Å². The summed E-state index contributed by atoms with van der Waals surface area (Å²) in [5.41, 5.74) is 0.915. The van der Waals surface area contributed by atoms with Crippen molar-refractivity contribution in [2.45, 2.75) is 44.7 Å². The van der Waals surface area contributed by atoms with Gasteiger partial charge in [0.25, 0.3) is 0 Å². The molecule has 1 aromatic carbocycles. The van der Waals surface area contributed by atoms with E-state index in [4.69, 9.17) is 0 Å². The highest BCUT2D eigenvalue weighted by Gasteiger charge is 2.48. The van der Waals surface area contributed by atoms with Gasteiger partial charge in [-0.1, -0.05) is 43.2 Å². The molecule has 1 saturated carbocycles. The fourth-order valence-corrected chi connectivity index (χ4v) is 3.40. The van der Waals surface area contributed by atoms with Gasteiger partial charge in [-0.25, -0.2) is 9.69 Å². The molecule has 0 bridgehead atoms. The summed E-state index contributed by atoms with van der Waals surface area (Å²) >= 11 is 0. The third-order valence-corrected chi connectivity index (χ3v) is 4.75. The lowest BCUT2D eigenvalue weighted by Crippen LogP contribution is -2.43.